The molecule has 0 aliphatic carbocycles. The monoisotopic (exact) mass is 413 g/mol. The van der Waals surface area contributed by atoms with E-state index in [1.165, 1.54) is 4.90 Å². The van der Waals surface area contributed by atoms with Crippen LogP contribution in [0.25, 0.3) is 0 Å². The average molecular weight is 414 g/mol. The molecule has 1 aliphatic heterocycles. The van der Waals surface area contributed by atoms with Gasteiger partial charge in [0.15, 0.2) is 0 Å². The highest BCUT2D eigenvalue weighted by atomic mass is 32.1. The van der Waals surface area contributed by atoms with Crippen molar-refractivity contribution >= 4 is 29.2 Å². The van der Waals surface area contributed by atoms with E-state index in [-0.39, 0.29) is 17.9 Å². The van der Waals surface area contributed by atoms with Crippen LogP contribution in [0, 0.1) is 0 Å². The fraction of sp³-hybridized carbons (Fsp3) is 0.409. The minimum atomic E-state index is -1.18. The van der Waals surface area contributed by atoms with E-state index >= 15 is 0 Å². The molecule has 3 rings (SSSR count). The molecule has 0 spiro atoms. The molecule has 2 aromatic rings. The number of hydrogen-bond acceptors (Lipinski definition) is 4. The molecule has 1 saturated heterocycles. The van der Waals surface area contributed by atoms with Crippen LogP contribution in [-0.2, 0) is 27.1 Å². The molecular weight excluding hydrogens is 386 g/mol. The molecule has 29 heavy (non-hydrogen) atoms. The molecule has 1 aromatic heterocycles. The summed E-state index contributed by atoms with van der Waals surface area (Å²) < 4.78 is 0. The quantitative estimate of drug-likeness (QED) is 0.763. The van der Waals surface area contributed by atoms with Crippen molar-refractivity contribution in [2.75, 3.05) is 13.6 Å². The van der Waals surface area contributed by atoms with Gasteiger partial charge in [0.05, 0.1) is 6.54 Å². The van der Waals surface area contributed by atoms with Crippen molar-refractivity contribution in [2.24, 2.45) is 0 Å². The Morgan fingerprint density at radius 2 is 1.83 bits per heavy atom. The summed E-state index contributed by atoms with van der Waals surface area (Å²) in [6.45, 7) is 8.21. The largest absolute Gasteiger partial charge is 0.339 e. The van der Waals surface area contributed by atoms with Crippen LogP contribution in [0.1, 0.15) is 43.7 Å². The summed E-state index contributed by atoms with van der Waals surface area (Å²) in [6, 6.07) is 11.0. The summed E-state index contributed by atoms with van der Waals surface area (Å²) in [5.74, 6) is -0.696. The van der Waals surface area contributed by atoms with Crippen LogP contribution in [0.15, 0.2) is 41.8 Å². The maximum Gasteiger partial charge on any atom is 0.325 e. The summed E-state index contributed by atoms with van der Waals surface area (Å²) >= 11 is 1.56. The van der Waals surface area contributed by atoms with E-state index in [1.54, 1.807) is 25.3 Å². The predicted molar refractivity (Wildman–Crippen MR) is 114 cm³/mol. The van der Waals surface area contributed by atoms with Crippen molar-refractivity contribution in [3.8, 4) is 0 Å². The van der Waals surface area contributed by atoms with E-state index in [4.69, 9.17) is 0 Å². The molecule has 154 valence electrons. The lowest BCUT2D eigenvalue weighted by molar-refractivity contribution is -0.138. The van der Waals surface area contributed by atoms with Gasteiger partial charge in [-0.25, -0.2) is 4.79 Å². The number of nitrogens with one attached hydrogen (secondary N) is 1. The van der Waals surface area contributed by atoms with Gasteiger partial charge >= 0.3 is 6.03 Å². The van der Waals surface area contributed by atoms with E-state index in [0.29, 0.717) is 12.1 Å². The first-order chi connectivity index (χ1) is 13.5. The molecule has 1 fully saturated rings. The molecule has 1 N–H and O–H groups in total. The van der Waals surface area contributed by atoms with Gasteiger partial charge in [-0.05, 0) is 34.9 Å². The third kappa shape index (κ3) is 4.19. The Morgan fingerprint density at radius 3 is 2.38 bits per heavy atom. The van der Waals surface area contributed by atoms with E-state index in [1.807, 2.05) is 41.8 Å². The number of imide groups is 1. The second-order valence-electron chi connectivity index (χ2n) is 8.60. The van der Waals surface area contributed by atoms with Gasteiger partial charge in [0, 0.05) is 11.9 Å². The van der Waals surface area contributed by atoms with Crippen molar-refractivity contribution < 1.29 is 14.4 Å². The Balaban J connectivity index is 1.74. The number of rotatable bonds is 5. The lowest BCUT2D eigenvalue weighted by Crippen LogP contribution is -2.43. The van der Waals surface area contributed by atoms with Gasteiger partial charge in [0.1, 0.15) is 12.1 Å². The van der Waals surface area contributed by atoms with Crippen LogP contribution in [0.3, 0.4) is 0 Å². The number of thiophene rings is 1. The highest BCUT2D eigenvalue weighted by molar-refractivity contribution is 7.09. The van der Waals surface area contributed by atoms with E-state index in [9.17, 15) is 14.4 Å². The topological polar surface area (TPSA) is 69.7 Å². The van der Waals surface area contributed by atoms with Gasteiger partial charge in [0.25, 0.3) is 5.91 Å². The first-order valence-electron chi connectivity index (χ1n) is 9.54. The van der Waals surface area contributed by atoms with Gasteiger partial charge in [-0.15, -0.1) is 11.3 Å². The summed E-state index contributed by atoms with van der Waals surface area (Å²) in [7, 11) is 1.67. The Bertz CT molecular complexity index is 916. The van der Waals surface area contributed by atoms with Crippen LogP contribution < -0.4 is 5.32 Å². The molecule has 1 aliphatic rings. The number of carbonyl (C=O) groups is 3. The highest BCUT2D eigenvalue weighted by Crippen LogP contribution is 2.31. The average Bonchev–Trinajstić information content (AvgIpc) is 3.24. The smallest absolute Gasteiger partial charge is 0.325 e. The van der Waals surface area contributed by atoms with Gasteiger partial charge in [-0.3, -0.25) is 14.5 Å². The summed E-state index contributed by atoms with van der Waals surface area (Å²) in [5, 5.41) is 4.71. The zero-order valence-corrected chi connectivity index (χ0v) is 18.3. The highest BCUT2D eigenvalue weighted by Gasteiger charge is 2.49. The molecule has 0 bridgehead atoms. The van der Waals surface area contributed by atoms with Crippen LogP contribution >= 0.6 is 11.3 Å². The molecule has 4 amide bonds. The number of benzene rings is 1. The summed E-state index contributed by atoms with van der Waals surface area (Å²) in [5.41, 5.74) is 0.656. The third-order valence-electron chi connectivity index (χ3n) is 5.30. The number of hydrogen-bond donors (Lipinski definition) is 1. The van der Waals surface area contributed by atoms with Gasteiger partial charge in [-0.1, -0.05) is 51.1 Å². The molecule has 0 saturated carbocycles. The molecular formula is C22H27N3O3S. The molecule has 0 unspecified atom stereocenters. The Morgan fingerprint density at radius 1 is 1.17 bits per heavy atom. The lowest BCUT2D eigenvalue weighted by Gasteiger charge is -2.25. The molecule has 1 aromatic carbocycles. The van der Waals surface area contributed by atoms with E-state index in [0.717, 1.165) is 15.3 Å². The standard InChI is InChI=1S/C22H27N3O3S/c1-21(2,3)15-8-10-16(11-9-15)22(4)19(27)25(20(28)23-22)14-18(26)24(5)13-17-7-6-12-29-17/h6-12H,13-14H2,1-5H3,(H,23,28)/t22-/m0/s1. The second kappa shape index (κ2) is 7.63. The fourth-order valence-electron chi connectivity index (χ4n) is 3.32. The number of amides is 4. The number of nitrogens with zero attached hydrogens (tertiary/aromatic N) is 2. The van der Waals surface area contributed by atoms with E-state index in [2.05, 4.69) is 26.1 Å². The number of carbonyl (C=O) groups excluding carboxylic acids is 3. The Hall–Kier alpha value is -2.67. The fourth-order valence-corrected chi connectivity index (χ4v) is 4.08. The van der Waals surface area contributed by atoms with Gasteiger partial charge < -0.3 is 10.2 Å². The maximum atomic E-state index is 13.1. The summed E-state index contributed by atoms with van der Waals surface area (Å²) in [6.07, 6.45) is 0. The minimum absolute atomic E-state index is 0.00598. The second-order valence-corrected chi connectivity index (χ2v) is 9.64. The molecule has 2 heterocycles. The normalized spacial score (nSPS) is 19.4. The van der Waals surface area contributed by atoms with Crippen molar-refractivity contribution in [1.82, 2.24) is 15.1 Å². The molecule has 6 nitrogen and oxygen atoms in total. The molecule has 7 heteroatoms. The lowest BCUT2D eigenvalue weighted by atomic mass is 9.84. The Labute approximate surface area is 175 Å². The first-order valence-corrected chi connectivity index (χ1v) is 10.4. The Kier molecular flexibility index (Phi) is 5.54. The molecule has 0 radical (unpaired) electrons. The number of urea groups is 1. The minimum Gasteiger partial charge on any atom is -0.339 e. The van der Waals surface area contributed by atoms with Crippen molar-refractivity contribution in [3.63, 3.8) is 0 Å². The molecule has 1 atom stereocenters. The predicted octanol–water partition coefficient (Wildman–Crippen LogP) is 3.47. The van der Waals surface area contributed by atoms with Crippen molar-refractivity contribution in [1.29, 1.82) is 0 Å². The zero-order chi connectivity index (χ0) is 21.4. The third-order valence-corrected chi connectivity index (χ3v) is 6.16. The van der Waals surface area contributed by atoms with Crippen LogP contribution in [0.2, 0.25) is 0 Å². The van der Waals surface area contributed by atoms with Crippen molar-refractivity contribution in [2.45, 2.75) is 45.2 Å². The maximum absolute atomic E-state index is 13.1. The van der Waals surface area contributed by atoms with Crippen LogP contribution in [0.5, 0.6) is 0 Å². The van der Waals surface area contributed by atoms with Gasteiger partial charge in [-0.2, -0.15) is 0 Å². The van der Waals surface area contributed by atoms with Gasteiger partial charge in [0.2, 0.25) is 5.91 Å². The zero-order valence-electron chi connectivity index (χ0n) is 17.5. The SMILES string of the molecule is CN(Cc1cccs1)C(=O)CN1C(=O)N[C@@](C)(c2ccc(C(C)(C)C)cc2)C1=O. The van der Waals surface area contributed by atoms with Crippen LogP contribution in [0.4, 0.5) is 4.79 Å². The van der Waals surface area contributed by atoms with E-state index < -0.39 is 17.5 Å². The van der Waals surface area contributed by atoms with Crippen LogP contribution in [-0.4, -0.2) is 41.2 Å². The summed E-state index contributed by atoms with van der Waals surface area (Å²) in [4.78, 5) is 41.7. The van der Waals surface area contributed by atoms with Crippen molar-refractivity contribution in [3.05, 3.63) is 57.8 Å². The number of likely N-dealkylation sites (N-methyl/N-ethyl adjacent to an activating group) is 1. The first kappa shape index (κ1) is 21.0.